The molecule has 2 aromatic heterocycles. The zero-order chi connectivity index (χ0) is 14.7. The van der Waals surface area contributed by atoms with Crippen LogP contribution in [0.5, 0.6) is 0 Å². The Hall–Kier alpha value is -2.08. The van der Waals surface area contributed by atoms with Gasteiger partial charge in [-0.25, -0.2) is 4.68 Å². The molecule has 0 radical (unpaired) electrons. The first-order valence-electron chi connectivity index (χ1n) is 7.27. The van der Waals surface area contributed by atoms with Gasteiger partial charge in [0.1, 0.15) is 0 Å². The maximum absolute atomic E-state index is 11.8. The van der Waals surface area contributed by atoms with E-state index < -0.39 is 0 Å². The highest BCUT2D eigenvalue weighted by atomic mass is 16.1. The van der Waals surface area contributed by atoms with Gasteiger partial charge in [0.15, 0.2) is 0 Å². The van der Waals surface area contributed by atoms with Crippen LogP contribution in [0.15, 0.2) is 35.5 Å². The molecule has 0 spiro atoms. The highest BCUT2D eigenvalue weighted by Gasteiger charge is 2.26. The summed E-state index contributed by atoms with van der Waals surface area (Å²) in [5.74, 6) is 0. The van der Waals surface area contributed by atoms with Crippen LogP contribution >= 0.6 is 0 Å². The quantitative estimate of drug-likeness (QED) is 0.839. The maximum Gasteiger partial charge on any atom is 0.266 e. The van der Waals surface area contributed by atoms with E-state index >= 15 is 0 Å². The van der Waals surface area contributed by atoms with Crippen molar-refractivity contribution in [3.05, 3.63) is 52.5 Å². The van der Waals surface area contributed by atoms with Crippen molar-refractivity contribution in [2.75, 3.05) is 6.54 Å². The molecule has 1 unspecified atom stereocenters. The predicted molar refractivity (Wildman–Crippen MR) is 78.7 cm³/mol. The van der Waals surface area contributed by atoms with Gasteiger partial charge in [0.2, 0.25) is 0 Å². The lowest BCUT2D eigenvalue weighted by Gasteiger charge is -2.24. The number of nitrogens with zero attached hydrogens (tertiary/aromatic N) is 5. The van der Waals surface area contributed by atoms with Gasteiger partial charge in [0, 0.05) is 37.2 Å². The zero-order valence-electron chi connectivity index (χ0n) is 12.1. The predicted octanol–water partition coefficient (Wildman–Crippen LogP) is 1.01. The van der Waals surface area contributed by atoms with Crippen LogP contribution in [0.2, 0.25) is 0 Å². The Morgan fingerprint density at radius 2 is 2.14 bits per heavy atom. The monoisotopic (exact) mass is 285 g/mol. The van der Waals surface area contributed by atoms with Crippen molar-refractivity contribution < 1.29 is 0 Å². The largest absolute Gasteiger partial charge is 0.293 e. The lowest BCUT2D eigenvalue weighted by atomic mass is 10.2. The molecule has 6 nitrogen and oxygen atoms in total. The van der Waals surface area contributed by atoms with Crippen LogP contribution in [0.1, 0.15) is 24.2 Å². The number of hydrogen-bond donors (Lipinski definition) is 0. The van der Waals surface area contributed by atoms with Gasteiger partial charge in [-0.2, -0.15) is 5.10 Å². The Kier molecular flexibility index (Phi) is 4.06. The molecule has 0 aliphatic carbocycles. The van der Waals surface area contributed by atoms with Crippen molar-refractivity contribution in [2.24, 2.45) is 0 Å². The summed E-state index contributed by atoms with van der Waals surface area (Å²) in [5, 5.41) is 4.15. The standard InChI is InChI=1S/C15H19N5O/c1-12-14(17-8-7-16-12)11-19-9-3-4-13(19)10-20-15(21)5-2-6-18-20/h2,5-8,13H,3-4,9-11H2,1H3. The van der Waals surface area contributed by atoms with Crippen LogP contribution < -0.4 is 5.56 Å². The second-order valence-corrected chi connectivity index (χ2v) is 5.40. The molecule has 0 saturated carbocycles. The van der Waals surface area contributed by atoms with Gasteiger partial charge >= 0.3 is 0 Å². The fraction of sp³-hybridized carbons (Fsp3) is 0.467. The molecule has 0 aromatic carbocycles. The Balaban J connectivity index is 1.73. The van der Waals surface area contributed by atoms with Crippen LogP contribution in [0.25, 0.3) is 0 Å². The molecule has 110 valence electrons. The zero-order valence-corrected chi connectivity index (χ0v) is 12.1. The molecule has 3 rings (SSSR count). The van der Waals surface area contributed by atoms with Crippen molar-refractivity contribution in [3.8, 4) is 0 Å². The minimum atomic E-state index is -0.0416. The van der Waals surface area contributed by atoms with Gasteiger partial charge in [0.25, 0.3) is 5.56 Å². The summed E-state index contributed by atoms with van der Waals surface area (Å²) in [4.78, 5) is 22.9. The Morgan fingerprint density at radius 1 is 1.29 bits per heavy atom. The second kappa shape index (κ2) is 6.13. The summed E-state index contributed by atoms with van der Waals surface area (Å²) in [5.41, 5.74) is 1.94. The summed E-state index contributed by atoms with van der Waals surface area (Å²) in [6.07, 6.45) is 7.34. The molecule has 1 saturated heterocycles. The third kappa shape index (κ3) is 3.16. The maximum atomic E-state index is 11.8. The minimum Gasteiger partial charge on any atom is -0.293 e. The third-order valence-corrected chi connectivity index (χ3v) is 4.00. The average Bonchev–Trinajstić information content (AvgIpc) is 2.91. The lowest BCUT2D eigenvalue weighted by Crippen LogP contribution is -2.36. The molecule has 1 atom stereocenters. The van der Waals surface area contributed by atoms with E-state index in [1.807, 2.05) is 6.92 Å². The average molecular weight is 285 g/mol. The molecule has 1 aliphatic rings. The summed E-state index contributed by atoms with van der Waals surface area (Å²) in [7, 11) is 0. The summed E-state index contributed by atoms with van der Waals surface area (Å²) < 4.78 is 1.55. The fourth-order valence-corrected chi connectivity index (χ4v) is 2.82. The topological polar surface area (TPSA) is 63.9 Å². The number of rotatable bonds is 4. The van der Waals surface area contributed by atoms with Gasteiger partial charge < -0.3 is 0 Å². The van der Waals surface area contributed by atoms with Crippen molar-refractivity contribution in [1.82, 2.24) is 24.6 Å². The van der Waals surface area contributed by atoms with Gasteiger partial charge in [-0.15, -0.1) is 0 Å². The highest BCUT2D eigenvalue weighted by molar-refractivity contribution is 5.08. The van der Waals surface area contributed by atoms with E-state index in [-0.39, 0.29) is 5.56 Å². The molecular weight excluding hydrogens is 266 g/mol. The van der Waals surface area contributed by atoms with E-state index in [2.05, 4.69) is 20.0 Å². The molecule has 0 bridgehead atoms. The SMILES string of the molecule is Cc1nccnc1CN1CCCC1Cn1ncccc1=O. The van der Waals surface area contributed by atoms with Crippen molar-refractivity contribution >= 4 is 0 Å². The Bertz CT molecular complexity index is 669. The van der Waals surface area contributed by atoms with E-state index in [0.717, 1.165) is 37.3 Å². The number of aryl methyl sites for hydroxylation is 1. The normalized spacial score (nSPS) is 19.0. The first-order chi connectivity index (χ1) is 10.2. The van der Waals surface area contributed by atoms with Crippen LogP contribution in [0.4, 0.5) is 0 Å². The smallest absolute Gasteiger partial charge is 0.266 e. The van der Waals surface area contributed by atoms with Crippen LogP contribution in [-0.2, 0) is 13.1 Å². The summed E-state index contributed by atoms with van der Waals surface area (Å²) in [6, 6.07) is 3.56. The minimum absolute atomic E-state index is 0.0416. The van der Waals surface area contributed by atoms with Crippen molar-refractivity contribution in [3.63, 3.8) is 0 Å². The summed E-state index contributed by atoms with van der Waals surface area (Å²) >= 11 is 0. The van der Waals surface area contributed by atoms with Gasteiger partial charge in [-0.1, -0.05) is 0 Å². The molecule has 3 heterocycles. The molecule has 6 heteroatoms. The van der Waals surface area contributed by atoms with Crippen molar-refractivity contribution in [1.29, 1.82) is 0 Å². The van der Waals surface area contributed by atoms with Crippen LogP contribution in [-0.4, -0.2) is 37.2 Å². The van der Waals surface area contributed by atoms with E-state index in [1.165, 1.54) is 0 Å². The third-order valence-electron chi connectivity index (χ3n) is 4.00. The van der Waals surface area contributed by atoms with E-state index in [9.17, 15) is 4.79 Å². The summed E-state index contributed by atoms with van der Waals surface area (Å²) in [6.45, 7) is 4.43. The molecule has 21 heavy (non-hydrogen) atoms. The van der Waals surface area contributed by atoms with Crippen molar-refractivity contribution in [2.45, 2.75) is 38.9 Å². The lowest BCUT2D eigenvalue weighted by molar-refractivity contribution is 0.213. The molecule has 1 fully saturated rings. The van der Waals surface area contributed by atoms with Crippen LogP contribution in [0, 0.1) is 6.92 Å². The van der Waals surface area contributed by atoms with E-state index in [0.29, 0.717) is 12.6 Å². The molecular formula is C15H19N5O. The van der Waals surface area contributed by atoms with E-state index in [4.69, 9.17) is 0 Å². The Labute approximate surface area is 123 Å². The van der Waals surface area contributed by atoms with Gasteiger partial charge in [-0.3, -0.25) is 19.7 Å². The molecule has 2 aromatic rings. The van der Waals surface area contributed by atoms with Gasteiger partial charge in [0.05, 0.1) is 17.9 Å². The molecule has 0 N–H and O–H groups in total. The fourth-order valence-electron chi connectivity index (χ4n) is 2.82. The van der Waals surface area contributed by atoms with E-state index in [1.54, 1.807) is 35.4 Å². The van der Waals surface area contributed by atoms with Gasteiger partial charge in [-0.05, 0) is 32.4 Å². The Morgan fingerprint density at radius 3 is 2.95 bits per heavy atom. The molecule has 0 amide bonds. The first kappa shape index (κ1) is 13.9. The second-order valence-electron chi connectivity index (χ2n) is 5.40. The number of hydrogen-bond acceptors (Lipinski definition) is 5. The first-order valence-corrected chi connectivity index (χ1v) is 7.27. The number of aromatic nitrogens is 4. The highest BCUT2D eigenvalue weighted by Crippen LogP contribution is 2.20. The number of likely N-dealkylation sites (tertiary alicyclic amines) is 1. The molecule has 1 aliphatic heterocycles. The van der Waals surface area contributed by atoms with Crippen LogP contribution in [0.3, 0.4) is 0 Å².